The van der Waals surface area contributed by atoms with E-state index in [-0.39, 0.29) is 16.5 Å². The minimum Gasteiger partial charge on any atom is -0.237 e. The van der Waals surface area contributed by atoms with Crippen LogP contribution in [0.2, 0.25) is 0 Å². The monoisotopic (exact) mass is 454 g/mol. The van der Waals surface area contributed by atoms with Crippen LogP contribution in [0.5, 0.6) is 0 Å². The van der Waals surface area contributed by atoms with Crippen LogP contribution in [0.1, 0.15) is 65.2 Å². The minimum atomic E-state index is 0. The molecule has 2 aromatic rings. The minimum absolute atomic E-state index is 0. The van der Waals surface area contributed by atoms with E-state index in [9.17, 15) is 0 Å². The molecule has 0 N–H and O–H groups in total. The third-order valence-electron chi connectivity index (χ3n) is 4.41. The van der Waals surface area contributed by atoms with Crippen molar-refractivity contribution in [3.63, 3.8) is 0 Å². The molecule has 0 aromatic heterocycles. The van der Waals surface area contributed by atoms with Gasteiger partial charge in [-0.2, -0.15) is 0 Å². The van der Waals surface area contributed by atoms with Crippen molar-refractivity contribution < 1.29 is 16.5 Å². The summed E-state index contributed by atoms with van der Waals surface area (Å²) in [6.45, 7) is 4.36. The molecule has 2 aromatic carbocycles. The zero-order chi connectivity index (χ0) is 21.3. The second kappa shape index (κ2) is 17.1. The van der Waals surface area contributed by atoms with Gasteiger partial charge in [0.15, 0.2) is 0 Å². The van der Waals surface area contributed by atoms with Crippen LogP contribution < -0.4 is 0 Å². The van der Waals surface area contributed by atoms with Gasteiger partial charge in [0, 0.05) is 29.3 Å². The fourth-order valence-electron chi connectivity index (χ4n) is 2.78. The molecular formula is C28H32N2Ni. The molecular weight excluding hydrogens is 423 g/mol. The van der Waals surface area contributed by atoms with Crippen LogP contribution >= 0.6 is 0 Å². The van der Waals surface area contributed by atoms with E-state index in [1.165, 1.54) is 25.7 Å². The summed E-state index contributed by atoms with van der Waals surface area (Å²) < 4.78 is 0. The number of unbranched alkanes of at least 4 members (excludes halogenated alkanes) is 6. The fourth-order valence-corrected chi connectivity index (χ4v) is 2.78. The molecule has 3 heteroatoms. The van der Waals surface area contributed by atoms with E-state index < -0.39 is 0 Å². The van der Waals surface area contributed by atoms with Crippen molar-refractivity contribution in [2.24, 2.45) is 9.98 Å². The Labute approximate surface area is 198 Å². The summed E-state index contributed by atoms with van der Waals surface area (Å²) in [5, 5.41) is 0. The average molecular weight is 455 g/mol. The van der Waals surface area contributed by atoms with E-state index in [1.54, 1.807) is 0 Å². The van der Waals surface area contributed by atoms with Crippen LogP contribution in [0, 0.1) is 23.7 Å². The predicted molar refractivity (Wildman–Crippen MR) is 131 cm³/mol. The van der Waals surface area contributed by atoms with E-state index in [4.69, 9.17) is 9.98 Å². The van der Waals surface area contributed by atoms with Crippen molar-refractivity contribution in [2.75, 3.05) is 0 Å². The van der Waals surface area contributed by atoms with Crippen molar-refractivity contribution in [3.8, 4) is 23.7 Å². The van der Waals surface area contributed by atoms with Gasteiger partial charge in [-0.15, -0.1) is 0 Å². The zero-order valence-electron chi connectivity index (χ0n) is 18.6. The van der Waals surface area contributed by atoms with Gasteiger partial charge in [0.2, 0.25) is 0 Å². The van der Waals surface area contributed by atoms with Gasteiger partial charge in [0.05, 0.1) is 11.4 Å². The molecule has 0 aliphatic heterocycles. The standard InChI is InChI=1S/C28H32N2.Ni/c1-3-5-7-8-9-10-18-24-28(30-26-21-16-12-17-22-26)27(23-13-6-4-2)29-25-19-14-11-15-20-25;/h11-12,14-17,19-22H,3-10H2,1-2H3;/b29-27+,30-28+;. The summed E-state index contributed by atoms with van der Waals surface area (Å²) in [5.74, 6) is 13.0. The summed E-state index contributed by atoms with van der Waals surface area (Å²) in [5.41, 5.74) is 3.00. The molecule has 2 rings (SSSR count). The topological polar surface area (TPSA) is 24.7 Å². The molecule has 0 unspecified atom stereocenters. The first-order valence-corrected chi connectivity index (χ1v) is 11.1. The Morgan fingerprint density at radius 1 is 0.613 bits per heavy atom. The van der Waals surface area contributed by atoms with E-state index in [0.717, 1.165) is 37.1 Å². The van der Waals surface area contributed by atoms with Gasteiger partial charge >= 0.3 is 0 Å². The number of benzene rings is 2. The van der Waals surface area contributed by atoms with Crippen molar-refractivity contribution in [3.05, 3.63) is 60.7 Å². The van der Waals surface area contributed by atoms with Gasteiger partial charge < -0.3 is 0 Å². The Morgan fingerprint density at radius 3 is 1.58 bits per heavy atom. The van der Waals surface area contributed by atoms with Gasteiger partial charge in [0.25, 0.3) is 0 Å². The maximum Gasteiger partial charge on any atom is 0.148 e. The molecule has 2 nitrogen and oxygen atoms in total. The maximum absolute atomic E-state index is 4.79. The smallest absolute Gasteiger partial charge is 0.148 e. The maximum atomic E-state index is 4.79. The molecule has 164 valence electrons. The van der Waals surface area contributed by atoms with Crippen LogP contribution in [0.25, 0.3) is 0 Å². The summed E-state index contributed by atoms with van der Waals surface area (Å²) in [6.07, 6.45) is 8.92. The largest absolute Gasteiger partial charge is 0.237 e. The van der Waals surface area contributed by atoms with Crippen LogP contribution in [-0.4, -0.2) is 11.4 Å². The number of aliphatic imine (C=N–C) groups is 2. The second-order valence-corrected chi connectivity index (χ2v) is 7.11. The third-order valence-corrected chi connectivity index (χ3v) is 4.41. The van der Waals surface area contributed by atoms with Gasteiger partial charge in [0.1, 0.15) is 11.4 Å². The molecule has 0 bridgehead atoms. The van der Waals surface area contributed by atoms with Gasteiger partial charge in [-0.1, -0.05) is 87.8 Å². The van der Waals surface area contributed by atoms with Gasteiger partial charge in [-0.05, 0) is 48.9 Å². The Bertz CT molecular complexity index is 923. The molecule has 0 saturated carbocycles. The van der Waals surface area contributed by atoms with E-state index in [2.05, 4.69) is 37.5 Å². The molecule has 0 radical (unpaired) electrons. The molecule has 0 fully saturated rings. The first-order chi connectivity index (χ1) is 14.8. The fraction of sp³-hybridized carbons (Fsp3) is 0.357. The van der Waals surface area contributed by atoms with Crippen molar-refractivity contribution in [1.82, 2.24) is 0 Å². The summed E-state index contributed by atoms with van der Waals surface area (Å²) in [7, 11) is 0. The summed E-state index contributed by atoms with van der Waals surface area (Å²) in [4.78, 5) is 9.57. The molecule has 0 saturated heterocycles. The Kier molecular flexibility index (Phi) is 14.6. The summed E-state index contributed by atoms with van der Waals surface area (Å²) >= 11 is 0. The third kappa shape index (κ3) is 11.4. The Morgan fingerprint density at radius 2 is 1.10 bits per heavy atom. The Hall–Kier alpha value is -2.61. The molecule has 31 heavy (non-hydrogen) atoms. The van der Waals surface area contributed by atoms with Crippen molar-refractivity contribution in [1.29, 1.82) is 0 Å². The first kappa shape index (κ1) is 26.4. The van der Waals surface area contributed by atoms with Crippen LogP contribution in [-0.2, 0) is 16.5 Å². The number of para-hydroxylation sites is 2. The number of rotatable bonds is 9. The van der Waals surface area contributed by atoms with Crippen molar-refractivity contribution >= 4 is 22.8 Å². The average Bonchev–Trinajstić information content (AvgIpc) is 2.78. The molecule has 0 amide bonds. The van der Waals surface area contributed by atoms with Crippen LogP contribution in [0.4, 0.5) is 11.4 Å². The number of nitrogens with zero attached hydrogens (tertiary/aromatic N) is 2. The molecule has 0 heterocycles. The number of hydrogen-bond acceptors (Lipinski definition) is 2. The predicted octanol–water partition coefficient (Wildman–Crippen LogP) is 7.70. The molecule has 0 aliphatic rings. The van der Waals surface area contributed by atoms with E-state index in [1.807, 2.05) is 60.7 Å². The molecule has 0 aliphatic carbocycles. The SMILES string of the molecule is CCCC#CC(=N\c1ccccc1)/C(C#CCCCCCCC)=N/c1ccccc1.[Ni]. The first-order valence-electron chi connectivity index (χ1n) is 11.1. The van der Waals surface area contributed by atoms with Gasteiger partial charge in [-0.25, -0.2) is 9.98 Å². The van der Waals surface area contributed by atoms with E-state index >= 15 is 0 Å². The van der Waals surface area contributed by atoms with Crippen LogP contribution in [0.15, 0.2) is 70.6 Å². The number of hydrogen-bond donors (Lipinski definition) is 0. The molecule has 0 spiro atoms. The summed E-state index contributed by atoms with van der Waals surface area (Å²) in [6, 6.07) is 19.8. The second-order valence-electron chi connectivity index (χ2n) is 7.11. The van der Waals surface area contributed by atoms with Crippen LogP contribution in [0.3, 0.4) is 0 Å². The zero-order valence-corrected chi connectivity index (χ0v) is 19.6. The normalized spacial score (nSPS) is 10.9. The van der Waals surface area contributed by atoms with Gasteiger partial charge in [-0.3, -0.25) is 0 Å². The Balaban J connectivity index is 0.00000480. The van der Waals surface area contributed by atoms with E-state index in [0.29, 0.717) is 11.4 Å². The quantitative estimate of drug-likeness (QED) is 0.160. The molecule has 0 atom stereocenters. The van der Waals surface area contributed by atoms with Crippen molar-refractivity contribution in [2.45, 2.75) is 65.2 Å².